The molecule has 0 bridgehead atoms. The minimum absolute atomic E-state index is 0.0434. The van der Waals surface area contributed by atoms with Crippen LogP contribution in [0.3, 0.4) is 0 Å². The first-order valence-corrected chi connectivity index (χ1v) is 6.91. The summed E-state index contributed by atoms with van der Waals surface area (Å²) in [5, 5.41) is 3.27. The molecule has 1 aliphatic carbocycles. The third kappa shape index (κ3) is 1.96. The first kappa shape index (κ1) is 10.2. The molecular formula is C11H15N3OS. The normalized spacial score (nSPS) is 24.6. The molecule has 1 saturated heterocycles. The summed E-state index contributed by atoms with van der Waals surface area (Å²) < 4.78 is 1.82. The van der Waals surface area contributed by atoms with Crippen molar-refractivity contribution >= 4 is 17.6 Å². The summed E-state index contributed by atoms with van der Waals surface area (Å²) in [7, 11) is 0. The van der Waals surface area contributed by atoms with E-state index in [0.717, 1.165) is 25.0 Å². The largest absolute Gasteiger partial charge is 0.362 e. The number of anilines is 1. The Morgan fingerprint density at radius 2 is 2.31 bits per heavy atom. The third-order valence-corrected chi connectivity index (χ3v) is 4.24. The molecule has 5 heteroatoms. The maximum Gasteiger partial charge on any atom is 0.293 e. The fourth-order valence-electron chi connectivity index (χ4n) is 2.01. The maximum absolute atomic E-state index is 12.1. The second kappa shape index (κ2) is 4.13. The van der Waals surface area contributed by atoms with Gasteiger partial charge in [0, 0.05) is 30.2 Å². The second-order valence-corrected chi connectivity index (χ2v) is 5.57. The van der Waals surface area contributed by atoms with Crippen molar-refractivity contribution in [1.82, 2.24) is 9.55 Å². The van der Waals surface area contributed by atoms with Crippen molar-refractivity contribution in [3.63, 3.8) is 0 Å². The molecule has 4 nitrogen and oxygen atoms in total. The van der Waals surface area contributed by atoms with E-state index >= 15 is 0 Å². The van der Waals surface area contributed by atoms with Crippen molar-refractivity contribution in [1.29, 1.82) is 0 Å². The van der Waals surface area contributed by atoms with Crippen LogP contribution in [0.15, 0.2) is 17.2 Å². The van der Waals surface area contributed by atoms with Crippen LogP contribution in [0.2, 0.25) is 0 Å². The van der Waals surface area contributed by atoms with Crippen LogP contribution in [0.4, 0.5) is 5.82 Å². The van der Waals surface area contributed by atoms with Gasteiger partial charge in [0.2, 0.25) is 0 Å². The molecule has 1 N–H and O–H groups in total. The molecule has 0 radical (unpaired) electrons. The van der Waals surface area contributed by atoms with Crippen molar-refractivity contribution in [2.24, 2.45) is 0 Å². The van der Waals surface area contributed by atoms with Crippen molar-refractivity contribution < 1.29 is 0 Å². The highest BCUT2D eigenvalue weighted by Gasteiger charge is 2.26. The Bertz CT molecular complexity index is 435. The van der Waals surface area contributed by atoms with Crippen LogP contribution in [-0.4, -0.2) is 27.1 Å². The molecule has 2 aliphatic rings. The molecule has 16 heavy (non-hydrogen) atoms. The zero-order valence-corrected chi connectivity index (χ0v) is 9.87. The molecule has 3 rings (SSSR count). The van der Waals surface area contributed by atoms with Gasteiger partial charge < -0.3 is 9.88 Å². The summed E-state index contributed by atoms with van der Waals surface area (Å²) >= 11 is 1.93. The molecule has 86 valence electrons. The summed E-state index contributed by atoms with van der Waals surface area (Å²) in [4.78, 5) is 16.2. The predicted octanol–water partition coefficient (Wildman–Crippen LogP) is 1.50. The predicted molar refractivity (Wildman–Crippen MR) is 66.1 cm³/mol. The zero-order valence-electron chi connectivity index (χ0n) is 9.06. The van der Waals surface area contributed by atoms with Crippen LogP contribution in [0, 0.1) is 0 Å². The summed E-state index contributed by atoms with van der Waals surface area (Å²) in [6.45, 7) is 0. The highest BCUT2D eigenvalue weighted by atomic mass is 32.2. The lowest BCUT2D eigenvalue weighted by Gasteiger charge is -2.12. The van der Waals surface area contributed by atoms with E-state index in [4.69, 9.17) is 0 Å². The SMILES string of the molecule is O=c1c(NC2CCSC2)nccn1C1CC1. The van der Waals surface area contributed by atoms with Crippen molar-refractivity contribution in [3.8, 4) is 0 Å². The Labute approximate surface area is 98.5 Å². The number of rotatable bonds is 3. The van der Waals surface area contributed by atoms with Crippen molar-refractivity contribution in [2.75, 3.05) is 16.8 Å². The Morgan fingerprint density at radius 3 is 3.00 bits per heavy atom. The molecule has 1 unspecified atom stereocenters. The lowest BCUT2D eigenvalue weighted by molar-refractivity contribution is 0.694. The smallest absolute Gasteiger partial charge is 0.293 e. The average Bonchev–Trinajstić information content (AvgIpc) is 3.00. The highest BCUT2D eigenvalue weighted by molar-refractivity contribution is 7.99. The number of nitrogens with zero attached hydrogens (tertiary/aromatic N) is 2. The monoisotopic (exact) mass is 237 g/mol. The van der Waals surface area contributed by atoms with Gasteiger partial charge in [0.1, 0.15) is 0 Å². The van der Waals surface area contributed by atoms with Gasteiger partial charge in [-0.3, -0.25) is 4.79 Å². The Morgan fingerprint density at radius 1 is 1.44 bits per heavy atom. The molecule has 1 saturated carbocycles. The maximum atomic E-state index is 12.1. The van der Waals surface area contributed by atoms with Gasteiger partial charge in [0.05, 0.1) is 0 Å². The van der Waals surface area contributed by atoms with Gasteiger partial charge in [-0.05, 0) is 25.0 Å². The molecule has 1 atom stereocenters. The van der Waals surface area contributed by atoms with Crippen molar-refractivity contribution in [3.05, 3.63) is 22.7 Å². The van der Waals surface area contributed by atoms with Gasteiger partial charge in [-0.25, -0.2) is 4.98 Å². The van der Waals surface area contributed by atoms with Gasteiger partial charge in [-0.2, -0.15) is 11.8 Å². The number of hydrogen-bond acceptors (Lipinski definition) is 4. The summed E-state index contributed by atoms with van der Waals surface area (Å²) in [6, 6.07) is 0.842. The fourth-order valence-corrected chi connectivity index (χ4v) is 3.16. The molecular weight excluding hydrogens is 222 g/mol. The molecule has 2 heterocycles. The molecule has 1 aliphatic heterocycles. The number of thioether (sulfide) groups is 1. The van der Waals surface area contributed by atoms with E-state index < -0.39 is 0 Å². The quantitative estimate of drug-likeness (QED) is 0.865. The lowest BCUT2D eigenvalue weighted by atomic mass is 10.3. The summed E-state index contributed by atoms with van der Waals surface area (Å²) in [6.07, 6.45) is 6.91. The molecule has 2 fully saturated rings. The van der Waals surface area contributed by atoms with Crippen LogP contribution in [-0.2, 0) is 0 Å². The first-order chi connectivity index (χ1) is 7.84. The minimum atomic E-state index is 0.0434. The van der Waals surface area contributed by atoms with Crippen LogP contribution in [0.1, 0.15) is 25.3 Å². The van der Waals surface area contributed by atoms with E-state index in [1.54, 1.807) is 12.4 Å². The molecule has 0 spiro atoms. The molecule has 1 aromatic rings. The van der Waals surface area contributed by atoms with Crippen LogP contribution >= 0.6 is 11.8 Å². The standard InChI is InChI=1S/C11H15N3OS/c15-11-10(13-8-3-6-16-7-8)12-4-5-14(11)9-1-2-9/h4-5,8-9H,1-3,6-7H2,(H,12,13). The van der Waals surface area contributed by atoms with Crippen LogP contribution < -0.4 is 10.9 Å². The van der Waals surface area contributed by atoms with E-state index in [9.17, 15) is 4.79 Å². The second-order valence-electron chi connectivity index (χ2n) is 4.42. The van der Waals surface area contributed by atoms with Gasteiger partial charge in [-0.1, -0.05) is 0 Å². The van der Waals surface area contributed by atoms with Gasteiger partial charge in [0.25, 0.3) is 5.56 Å². The first-order valence-electron chi connectivity index (χ1n) is 5.76. The fraction of sp³-hybridized carbons (Fsp3) is 0.636. The molecule has 1 aromatic heterocycles. The van der Waals surface area contributed by atoms with E-state index in [1.165, 1.54) is 5.75 Å². The van der Waals surface area contributed by atoms with Gasteiger partial charge >= 0.3 is 0 Å². The number of hydrogen-bond donors (Lipinski definition) is 1. The number of aromatic nitrogens is 2. The Kier molecular flexibility index (Phi) is 2.63. The van der Waals surface area contributed by atoms with E-state index in [0.29, 0.717) is 17.9 Å². The summed E-state index contributed by atoms with van der Waals surface area (Å²) in [5.74, 6) is 2.79. The highest BCUT2D eigenvalue weighted by Crippen LogP contribution is 2.33. The third-order valence-electron chi connectivity index (χ3n) is 3.08. The van der Waals surface area contributed by atoms with Gasteiger partial charge in [0.15, 0.2) is 5.82 Å². The Hall–Kier alpha value is -0.970. The zero-order chi connectivity index (χ0) is 11.0. The van der Waals surface area contributed by atoms with E-state index in [-0.39, 0.29) is 5.56 Å². The molecule has 0 amide bonds. The number of nitrogens with one attached hydrogen (secondary N) is 1. The lowest BCUT2D eigenvalue weighted by Crippen LogP contribution is -2.28. The van der Waals surface area contributed by atoms with Crippen LogP contribution in [0.5, 0.6) is 0 Å². The minimum Gasteiger partial charge on any atom is -0.362 e. The molecule has 0 aromatic carbocycles. The van der Waals surface area contributed by atoms with Crippen molar-refractivity contribution in [2.45, 2.75) is 31.3 Å². The average molecular weight is 237 g/mol. The van der Waals surface area contributed by atoms with Gasteiger partial charge in [-0.15, -0.1) is 0 Å². The van der Waals surface area contributed by atoms with Crippen LogP contribution in [0.25, 0.3) is 0 Å². The van der Waals surface area contributed by atoms with E-state index in [1.807, 2.05) is 16.3 Å². The van der Waals surface area contributed by atoms with E-state index in [2.05, 4.69) is 10.3 Å². The Balaban J connectivity index is 1.82. The summed E-state index contributed by atoms with van der Waals surface area (Å²) in [5.41, 5.74) is 0.0434. The topological polar surface area (TPSA) is 46.9 Å².